The molecule has 0 spiro atoms. The Morgan fingerprint density at radius 2 is 2.42 bits per heavy atom. The number of rotatable bonds is 1. The van der Waals surface area contributed by atoms with E-state index in [1.807, 2.05) is 6.92 Å². The van der Waals surface area contributed by atoms with Crippen LogP contribution in [0.3, 0.4) is 0 Å². The molecule has 1 aliphatic rings. The van der Waals surface area contributed by atoms with Crippen molar-refractivity contribution in [2.24, 2.45) is 0 Å². The van der Waals surface area contributed by atoms with Gasteiger partial charge in [0.05, 0.1) is 5.69 Å². The number of aryl methyl sites for hydroxylation is 1. The Bertz CT molecular complexity index is 337. The van der Waals surface area contributed by atoms with Crippen molar-refractivity contribution < 1.29 is 0 Å². The molecule has 2 N–H and O–H groups in total. The molecule has 0 fully saturated rings. The Kier molecular flexibility index (Phi) is 1.77. The number of nitrogens with zero attached hydrogens (tertiary/aromatic N) is 1. The molecule has 0 aromatic carbocycles. The van der Waals surface area contributed by atoms with Crippen molar-refractivity contribution in [1.82, 2.24) is 15.1 Å². The lowest BCUT2D eigenvalue weighted by Gasteiger charge is -2.09. The Labute approximate surface area is 70.6 Å². The highest BCUT2D eigenvalue weighted by molar-refractivity contribution is 5.19. The van der Waals surface area contributed by atoms with Crippen LogP contribution in [0.2, 0.25) is 0 Å². The number of aromatic amines is 1. The van der Waals surface area contributed by atoms with E-state index in [1.165, 1.54) is 0 Å². The Balaban J connectivity index is 2.52. The average molecular weight is 167 g/mol. The van der Waals surface area contributed by atoms with Gasteiger partial charge in [-0.05, 0) is 19.9 Å². The third-order valence-electron chi connectivity index (χ3n) is 2.31. The van der Waals surface area contributed by atoms with Crippen molar-refractivity contribution in [3.05, 3.63) is 21.6 Å². The normalized spacial score (nSPS) is 16.1. The second-order valence-electron chi connectivity index (χ2n) is 3.05. The van der Waals surface area contributed by atoms with Gasteiger partial charge in [0.25, 0.3) is 5.56 Å². The summed E-state index contributed by atoms with van der Waals surface area (Å²) in [4.78, 5) is 11.5. The van der Waals surface area contributed by atoms with Gasteiger partial charge >= 0.3 is 0 Å². The molecule has 0 atom stereocenters. The van der Waals surface area contributed by atoms with Gasteiger partial charge in [0.1, 0.15) is 0 Å². The van der Waals surface area contributed by atoms with Crippen LogP contribution in [0, 0.1) is 0 Å². The second kappa shape index (κ2) is 2.79. The van der Waals surface area contributed by atoms with Crippen LogP contribution in [-0.2, 0) is 19.5 Å². The summed E-state index contributed by atoms with van der Waals surface area (Å²) in [6, 6.07) is 0. The van der Waals surface area contributed by atoms with Gasteiger partial charge < -0.3 is 5.32 Å². The fraction of sp³-hybridized carbons (Fsp3) is 0.625. The molecular formula is C8H13N3O. The van der Waals surface area contributed by atoms with E-state index in [0.29, 0.717) is 0 Å². The lowest BCUT2D eigenvalue weighted by molar-refractivity contribution is 0.604. The molecule has 4 heteroatoms. The summed E-state index contributed by atoms with van der Waals surface area (Å²) < 4.78 is 1.66. The minimum Gasteiger partial charge on any atom is -0.311 e. The fourth-order valence-electron chi connectivity index (χ4n) is 1.63. The minimum absolute atomic E-state index is 0.161. The van der Waals surface area contributed by atoms with E-state index in [0.717, 1.165) is 37.3 Å². The summed E-state index contributed by atoms with van der Waals surface area (Å²) in [7, 11) is 0. The van der Waals surface area contributed by atoms with E-state index in [4.69, 9.17) is 0 Å². The van der Waals surface area contributed by atoms with Gasteiger partial charge in [-0.3, -0.25) is 14.6 Å². The molecule has 1 aromatic rings. The highest BCUT2D eigenvalue weighted by Gasteiger charge is 2.15. The van der Waals surface area contributed by atoms with Gasteiger partial charge in [0, 0.05) is 18.7 Å². The Hall–Kier alpha value is -1.03. The molecule has 0 bridgehead atoms. The lowest BCUT2D eigenvalue weighted by atomic mass is 10.1. The van der Waals surface area contributed by atoms with Gasteiger partial charge in [0.15, 0.2) is 0 Å². The summed E-state index contributed by atoms with van der Waals surface area (Å²) in [5.41, 5.74) is 2.19. The molecule has 4 nitrogen and oxygen atoms in total. The largest absolute Gasteiger partial charge is 0.311 e. The molecule has 2 rings (SSSR count). The van der Waals surface area contributed by atoms with Crippen LogP contribution in [0.25, 0.3) is 0 Å². The van der Waals surface area contributed by atoms with Crippen molar-refractivity contribution in [1.29, 1.82) is 0 Å². The summed E-state index contributed by atoms with van der Waals surface area (Å²) in [6.45, 7) is 4.42. The van der Waals surface area contributed by atoms with E-state index >= 15 is 0 Å². The van der Waals surface area contributed by atoms with Crippen LogP contribution in [0.4, 0.5) is 0 Å². The van der Waals surface area contributed by atoms with Crippen LogP contribution >= 0.6 is 0 Å². The lowest BCUT2D eigenvalue weighted by Crippen LogP contribution is -2.26. The zero-order valence-corrected chi connectivity index (χ0v) is 7.18. The van der Waals surface area contributed by atoms with Crippen LogP contribution in [0.1, 0.15) is 18.2 Å². The number of hydrogen-bond acceptors (Lipinski definition) is 2. The van der Waals surface area contributed by atoms with E-state index in [2.05, 4.69) is 10.4 Å². The molecule has 12 heavy (non-hydrogen) atoms. The smallest absolute Gasteiger partial charge is 0.270 e. The topological polar surface area (TPSA) is 49.8 Å². The summed E-state index contributed by atoms with van der Waals surface area (Å²) >= 11 is 0. The Morgan fingerprint density at radius 3 is 3.08 bits per heavy atom. The molecule has 1 aliphatic heterocycles. The third-order valence-corrected chi connectivity index (χ3v) is 2.31. The van der Waals surface area contributed by atoms with E-state index < -0.39 is 0 Å². The van der Waals surface area contributed by atoms with Crippen LogP contribution in [0.5, 0.6) is 0 Å². The van der Waals surface area contributed by atoms with Gasteiger partial charge in [-0.15, -0.1) is 0 Å². The van der Waals surface area contributed by atoms with Crippen molar-refractivity contribution in [3.63, 3.8) is 0 Å². The predicted molar refractivity (Wildman–Crippen MR) is 46.1 cm³/mol. The zero-order chi connectivity index (χ0) is 8.55. The summed E-state index contributed by atoms with van der Waals surface area (Å²) in [5.74, 6) is 0. The Morgan fingerprint density at radius 1 is 1.58 bits per heavy atom. The molecular weight excluding hydrogens is 154 g/mol. The van der Waals surface area contributed by atoms with E-state index in [-0.39, 0.29) is 5.56 Å². The number of nitrogens with one attached hydrogen (secondary N) is 2. The number of fused-ring (bicyclic) bond motifs is 1. The van der Waals surface area contributed by atoms with Gasteiger partial charge in [-0.1, -0.05) is 0 Å². The molecule has 0 saturated carbocycles. The van der Waals surface area contributed by atoms with Crippen molar-refractivity contribution in [2.75, 3.05) is 6.54 Å². The third kappa shape index (κ3) is 0.992. The molecule has 0 unspecified atom stereocenters. The molecule has 1 aromatic heterocycles. The molecule has 0 radical (unpaired) electrons. The zero-order valence-electron chi connectivity index (χ0n) is 7.18. The van der Waals surface area contributed by atoms with Crippen LogP contribution < -0.4 is 10.9 Å². The number of hydrogen-bond donors (Lipinski definition) is 2. The predicted octanol–water partition coefficient (Wildman–Crippen LogP) is -0.158. The highest BCUT2D eigenvalue weighted by Crippen LogP contribution is 2.05. The number of aromatic nitrogens is 2. The minimum atomic E-state index is 0.161. The van der Waals surface area contributed by atoms with Crippen LogP contribution in [-0.4, -0.2) is 16.3 Å². The first-order valence-electron chi connectivity index (χ1n) is 4.34. The first kappa shape index (κ1) is 7.61. The SMILES string of the molecule is CCn1[nH]c2c(c1=O)CCNC2. The maximum Gasteiger partial charge on any atom is 0.270 e. The van der Waals surface area contributed by atoms with Crippen molar-refractivity contribution in [3.8, 4) is 0 Å². The van der Waals surface area contributed by atoms with Crippen LogP contribution in [0.15, 0.2) is 4.79 Å². The molecule has 0 amide bonds. The summed E-state index contributed by atoms with van der Waals surface area (Å²) in [6.07, 6.45) is 0.859. The average Bonchev–Trinajstić information content (AvgIpc) is 2.44. The van der Waals surface area contributed by atoms with Crippen molar-refractivity contribution in [2.45, 2.75) is 26.4 Å². The maximum absolute atomic E-state index is 11.5. The second-order valence-corrected chi connectivity index (χ2v) is 3.05. The quantitative estimate of drug-likeness (QED) is 0.610. The maximum atomic E-state index is 11.5. The first-order chi connectivity index (χ1) is 5.83. The molecule has 0 aliphatic carbocycles. The molecule has 2 heterocycles. The van der Waals surface area contributed by atoms with Crippen molar-refractivity contribution >= 4 is 0 Å². The molecule has 66 valence electrons. The fourth-order valence-corrected chi connectivity index (χ4v) is 1.63. The van der Waals surface area contributed by atoms with E-state index in [1.54, 1.807) is 4.68 Å². The highest BCUT2D eigenvalue weighted by atomic mass is 16.1. The van der Waals surface area contributed by atoms with Gasteiger partial charge in [-0.2, -0.15) is 0 Å². The van der Waals surface area contributed by atoms with Gasteiger partial charge in [-0.25, -0.2) is 0 Å². The van der Waals surface area contributed by atoms with E-state index in [9.17, 15) is 4.79 Å². The first-order valence-corrected chi connectivity index (χ1v) is 4.34. The monoisotopic (exact) mass is 167 g/mol. The number of H-pyrrole nitrogens is 1. The standard InChI is InChI=1S/C8H13N3O/c1-2-11-8(12)6-3-4-9-5-7(6)10-11/h9-10H,2-5H2,1H3. The molecule has 0 saturated heterocycles. The summed E-state index contributed by atoms with van der Waals surface area (Å²) in [5, 5.41) is 6.32. The van der Waals surface area contributed by atoms with Gasteiger partial charge in [0.2, 0.25) is 0 Å².